The Kier molecular flexibility index (Phi) is 8.71. The van der Waals surface area contributed by atoms with Crippen molar-refractivity contribution in [3.63, 3.8) is 0 Å². The second-order valence-corrected chi connectivity index (χ2v) is 19.8. The predicted octanol–water partition coefficient (Wildman–Crippen LogP) is 4.35. The number of aliphatic hydroxyl groups excluding tert-OH is 2. The van der Waals surface area contributed by atoms with Crippen LogP contribution in [0.25, 0.3) is 22.5 Å². The molecule has 4 aliphatic heterocycles. The molecular formula is C38H44F2N6O6S2. The Morgan fingerprint density at radius 2 is 1.00 bits per heavy atom. The molecule has 12 nitrogen and oxygen atoms in total. The highest BCUT2D eigenvalue weighted by Crippen LogP contribution is 2.61. The predicted molar refractivity (Wildman–Crippen MR) is 196 cm³/mol. The van der Waals surface area contributed by atoms with Crippen molar-refractivity contribution in [3.05, 3.63) is 84.7 Å². The lowest BCUT2D eigenvalue weighted by molar-refractivity contribution is -0.152. The zero-order valence-corrected chi connectivity index (χ0v) is 31.3. The van der Waals surface area contributed by atoms with Gasteiger partial charge in [0.15, 0.2) is 0 Å². The fourth-order valence-electron chi connectivity index (χ4n) is 10.7. The summed E-state index contributed by atoms with van der Waals surface area (Å²) >= 11 is 0. The van der Waals surface area contributed by atoms with Gasteiger partial charge in [0.1, 0.15) is 0 Å². The van der Waals surface area contributed by atoms with Crippen LogP contribution in [0.2, 0.25) is 0 Å². The summed E-state index contributed by atoms with van der Waals surface area (Å²) in [5.41, 5.74) is 6.39. The number of fused-ring (bicyclic) bond motifs is 6. The van der Waals surface area contributed by atoms with E-state index < -0.39 is 44.3 Å². The minimum Gasteiger partial charge on any atom is -0.392 e. The van der Waals surface area contributed by atoms with Gasteiger partial charge >= 0.3 is 0 Å². The van der Waals surface area contributed by atoms with Crippen LogP contribution in [-0.4, -0.2) is 105 Å². The van der Waals surface area contributed by atoms with E-state index in [0.717, 1.165) is 35.4 Å². The highest BCUT2D eigenvalue weighted by atomic mass is 32.2. The van der Waals surface area contributed by atoms with Gasteiger partial charge in [0, 0.05) is 49.1 Å². The standard InChI is InChI=1S/2C19H22FN3O3S/c2*20-11-27(25,26)22-7-5-19(6-8-22)9-15(18(19)24)17-14-4-2-1-3-13(14)16-10-21-12-23(16)17/h2*1-4,10,12,15,17-18,24H,5-9,11H2/t2*15-,17+,18+/m10/s1. The van der Waals surface area contributed by atoms with Crippen molar-refractivity contribution in [2.24, 2.45) is 22.7 Å². The number of sulfonamides is 2. The minimum atomic E-state index is -3.80. The molecule has 2 aromatic carbocycles. The number of halogens is 2. The zero-order valence-electron chi connectivity index (χ0n) is 29.7. The molecular weight excluding hydrogens is 739 g/mol. The second-order valence-electron chi connectivity index (χ2n) is 16.0. The number of imidazole rings is 2. The zero-order chi connectivity index (χ0) is 37.6. The van der Waals surface area contributed by atoms with Crippen LogP contribution in [0.5, 0.6) is 0 Å². The summed E-state index contributed by atoms with van der Waals surface area (Å²) in [5.74, 6) is 0.150. The van der Waals surface area contributed by atoms with Gasteiger partial charge in [0.25, 0.3) is 0 Å². The van der Waals surface area contributed by atoms with Crippen molar-refractivity contribution in [1.82, 2.24) is 27.7 Å². The van der Waals surface area contributed by atoms with Crippen molar-refractivity contribution >= 4 is 20.0 Å². The van der Waals surface area contributed by atoms with Gasteiger partial charge in [-0.15, -0.1) is 0 Å². The van der Waals surface area contributed by atoms with E-state index in [9.17, 15) is 35.8 Å². The number of piperidine rings is 2. The fourth-order valence-corrected chi connectivity index (χ4v) is 12.5. The second kappa shape index (κ2) is 13.0. The van der Waals surface area contributed by atoms with Crippen molar-refractivity contribution in [1.29, 1.82) is 0 Å². The molecule has 2 spiro atoms. The Hall–Kier alpha value is -3.54. The third kappa shape index (κ3) is 5.38. The van der Waals surface area contributed by atoms with E-state index in [1.807, 2.05) is 49.3 Å². The Balaban J connectivity index is 0.000000142. The SMILES string of the molecule is O=S(=O)(CF)N1CCC2(CC1)C[C@@H]([C@H]1c3ccccc3-c3cncn31)[C@H]2O.O=S(=O)(CF)N1CCC2(CC1)C[C@H]([C@@H]1c3ccccc3-c3cncn31)[C@@H]2O. The molecule has 16 heteroatoms. The number of aliphatic hydroxyl groups is 2. The first-order valence-electron chi connectivity index (χ1n) is 18.6. The van der Waals surface area contributed by atoms with Crippen molar-refractivity contribution < 1.29 is 35.8 Å². The first-order chi connectivity index (χ1) is 25.9. The van der Waals surface area contributed by atoms with Crippen LogP contribution in [0.4, 0.5) is 8.78 Å². The minimum absolute atomic E-state index is 0.0620. The van der Waals surface area contributed by atoms with Crippen molar-refractivity contribution in [2.75, 3.05) is 38.2 Å². The molecule has 2 saturated heterocycles. The summed E-state index contributed by atoms with van der Waals surface area (Å²) in [5, 5.41) is 22.2. The molecule has 0 unspecified atom stereocenters. The third-order valence-corrected chi connectivity index (χ3v) is 16.6. The molecule has 2 N–H and O–H groups in total. The average molecular weight is 783 g/mol. The molecule has 4 fully saturated rings. The van der Waals surface area contributed by atoms with Gasteiger partial charge in [-0.05, 0) is 60.5 Å². The highest BCUT2D eigenvalue weighted by Gasteiger charge is 2.59. The normalized spacial score (nSPS) is 29.3. The topological polar surface area (TPSA) is 151 Å². The van der Waals surface area contributed by atoms with Gasteiger partial charge in [0.05, 0.1) is 60.7 Å². The van der Waals surface area contributed by atoms with E-state index in [4.69, 9.17) is 0 Å². The maximum Gasteiger partial charge on any atom is 0.243 e. The van der Waals surface area contributed by atoms with Crippen LogP contribution in [0, 0.1) is 22.7 Å². The average Bonchev–Trinajstić information content (AvgIpc) is 3.99. The summed E-state index contributed by atoms with van der Waals surface area (Å²) < 4.78 is 79.2. The molecule has 0 radical (unpaired) electrons. The number of alkyl halides is 2. The molecule has 10 rings (SSSR count). The lowest BCUT2D eigenvalue weighted by Crippen LogP contribution is -2.59. The van der Waals surface area contributed by atoms with Crippen LogP contribution >= 0.6 is 0 Å². The maximum absolute atomic E-state index is 12.8. The fraction of sp³-hybridized carbons (Fsp3) is 0.526. The largest absolute Gasteiger partial charge is 0.392 e. The number of aromatic nitrogens is 4. The van der Waals surface area contributed by atoms with Crippen molar-refractivity contribution in [3.8, 4) is 22.5 Å². The molecule has 0 amide bonds. The summed E-state index contributed by atoms with van der Waals surface area (Å²) in [7, 11) is -7.60. The highest BCUT2D eigenvalue weighted by molar-refractivity contribution is 7.89. The first-order valence-corrected chi connectivity index (χ1v) is 21.8. The summed E-state index contributed by atoms with van der Waals surface area (Å²) in [6, 6.07) is 13.9. The molecule has 2 aliphatic carbocycles. The van der Waals surface area contributed by atoms with Gasteiger partial charge in [0.2, 0.25) is 32.1 Å². The van der Waals surface area contributed by atoms with Crippen molar-refractivity contribution in [2.45, 2.75) is 62.8 Å². The Morgan fingerprint density at radius 3 is 1.35 bits per heavy atom. The number of benzene rings is 2. The van der Waals surface area contributed by atoms with Gasteiger partial charge in [-0.25, -0.2) is 35.6 Å². The number of hydrogen-bond donors (Lipinski definition) is 2. The Morgan fingerprint density at radius 1 is 0.630 bits per heavy atom. The number of rotatable bonds is 6. The maximum atomic E-state index is 12.8. The van der Waals surface area contributed by atoms with Crippen LogP contribution in [0.3, 0.4) is 0 Å². The lowest BCUT2D eigenvalue weighted by Gasteiger charge is -2.57. The molecule has 54 heavy (non-hydrogen) atoms. The summed E-state index contributed by atoms with van der Waals surface area (Å²) in [6.45, 7) is 1.14. The summed E-state index contributed by atoms with van der Waals surface area (Å²) in [6.07, 6.45) is 10.4. The first kappa shape index (κ1) is 36.1. The molecule has 6 heterocycles. The van der Waals surface area contributed by atoms with Gasteiger partial charge < -0.3 is 19.3 Å². The van der Waals surface area contributed by atoms with E-state index in [1.165, 1.54) is 19.7 Å². The molecule has 6 aliphatic rings. The van der Waals surface area contributed by atoms with Crippen LogP contribution in [-0.2, 0) is 20.0 Å². The smallest absolute Gasteiger partial charge is 0.243 e. The molecule has 288 valence electrons. The molecule has 4 aromatic rings. The molecule has 2 aromatic heterocycles. The van der Waals surface area contributed by atoms with Crippen LogP contribution in [0.15, 0.2) is 73.6 Å². The lowest BCUT2D eigenvalue weighted by atomic mass is 9.53. The van der Waals surface area contributed by atoms with Crippen LogP contribution < -0.4 is 0 Å². The third-order valence-electron chi connectivity index (χ3n) is 13.7. The van der Waals surface area contributed by atoms with E-state index in [-0.39, 0.29) is 60.9 Å². The van der Waals surface area contributed by atoms with E-state index in [0.29, 0.717) is 25.7 Å². The van der Waals surface area contributed by atoms with E-state index >= 15 is 0 Å². The number of nitrogens with zero attached hydrogens (tertiary/aromatic N) is 6. The van der Waals surface area contributed by atoms with Gasteiger partial charge in [-0.2, -0.15) is 8.61 Å². The van der Waals surface area contributed by atoms with Crippen LogP contribution in [0.1, 0.15) is 61.7 Å². The van der Waals surface area contributed by atoms with E-state index in [1.54, 1.807) is 0 Å². The quantitative estimate of drug-likeness (QED) is 0.293. The Bertz CT molecular complexity index is 2120. The molecule has 0 bridgehead atoms. The molecule has 2 saturated carbocycles. The van der Waals surface area contributed by atoms with Gasteiger partial charge in [-0.3, -0.25) is 0 Å². The van der Waals surface area contributed by atoms with E-state index in [2.05, 4.69) is 43.4 Å². The van der Waals surface area contributed by atoms with Gasteiger partial charge in [-0.1, -0.05) is 48.5 Å². The number of hydrogen-bond acceptors (Lipinski definition) is 8. The summed E-state index contributed by atoms with van der Waals surface area (Å²) in [4.78, 5) is 8.56. The monoisotopic (exact) mass is 782 g/mol. The molecule has 6 atom stereocenters. The Labute approximate surface area is 313 Å².